The van der Waals surface area contributed by atoms with Crippen molar-refractivity contribution in [2.75, 3.05) is 19.6 Å². The minimum Gasteiger partial charge on any atom is -0.301 e. The highest BCUT2D eigenvalue weighted by Gasteiger charge is 2.27. The van der Waals surface area contributed by atoms with E-state index in [1.165, 1.54) is 44.2 Å². The van der Waals surface area contributed by atoms with Gasteiger partial charge in [-0.3, -0.25) is 0 Å². The predicted octanol–water partition coefficient (Wildman–Crippen LogP) is 3.76. The van der Waals surface area contributed by atoms with Crippen molar-refractivity contribution in [3.05, 3.63) is 12.2 Å². The molecular weight excluding hydrogens is 198 g/mol. The second-order valence-corrected chi connectivity index (χ2v) is 10.2. The fourth-order valence-corrected chi connectivity index (χ4v) is 5.97. The summed E-state index contributed by atoms with van der Waals surface area (Å²) < 4.78 is 0. The van der Waals surface area contributed by atoms with Crippen LogP contribution in [0.3, 0.4) is 0 Å². The Hall–Kier alpha value is -0.0831. The van der Waals surface area contributed by atoms with Gasteiger partial charge >= 0.3 is 0 Å². The smallest absolute Gasteiger partial charge is 0.0568 e. The third-order valence-corrected chi connectivity index (χ3v) is 9.52. The minimum atomic E-state index is -0.917. The standard InChI is InChI=1S/C13H27NSi/c1-4-7-12-15(5-2,6-3)13-8-9-14-10-11-14/h4,7H,5-6,8-13H2,1-3H3/b7-4+. The van der Waals surface area contributed by atoms with Gasteiger partial charge in [-0.05, 0) is 25.9 Å². The zero-order chi connectivity index (χ0) is 11.1. The van der Waals surface area contributed by atoms with Crippen molar-refractivity contribution in [1.29, 1.82) is 0 Å². The van der Waals surface area contributed by atoms with Crippen LogP contribution in [0.15, 0.2) is 12.2 Å². The molecule has 0 N–H and O–H groups in total. The minimum absolute atomic E-state index is 0.917. The molecule has 1 saturated heterocycles. The van der Waals surface area contributed by atoms with Crippen LogP contribution in [0.25, 0.3) is 0 Å². The van der Waals surface area contributed by atoms with Crippen LogP contribution in [0, 0.1) is 0 Å². The Morgan fingerprint density at radius 3 is 2.33 bits per heavy atom. The molecule has 1 rings (SSSR count). The van der Waals surface area contributed by atoms with E-state index in [-0.39, 0.29) is 0 Å². The number of hydrogen-bond acceptors (Lipinski definition) is 1. The van der Waals surface area contributed by atoms with Crippen molar-refractivity contribution in [3.8, 4) is 0 Å². The van der Waals surface area contributed by atoms with Crippen LogP contribution in [-0.4, -0.2) is 32.6 Å². The Morgan fingerprint density at radius 2 is 1.87 bits per heavy atom. The Balaban J connectivity index is 2.31. The van der Waals surface area contributed by atoms with Gasteiger partial charge in [0.2, 0.25) is 0 Å². The molecule has 88 valence electrons. The highest BCUT2D eigenvalue weighted by atomic mass is 28.3. The lowest BCUT2D eigenvalue weighted by Gasteiger charge is -2.28. The molecule has 0 saturated carbocycles. The van der Waals surface area contributed by atoms with E-state index in [4.69, 9.17) is 0 Å². The van der Waals surface area contributed by atoms with Gasteiger partial charge in [0.25, 0.3) is 0 Å². The lowest BCUT2D eigenvalue weighted by molar-refractivity contribution is 0.549. The quantitative estimate of drug-likeness (QED) is 0.345. The Kier molecular flexibility index (Phi) is 5.62. The van der Waals surface area contributed by atoms with Gasteiger partial charge in [-0.15, -0.1) is 0 Å². The van der Waals surface area contributed by atoms with E-state index in [1.807, 2.05) is 0 Å². The van der Waals surface area contributed by atoms with Gasteiger partial charge in [0.15, 0.2) is 0 Å². The van der Waals surface area contributed by atoms with E-state index in [1.54, 1.807) is 6.04 Å². The van der Waals surface area contributed by atoms with Crippen LogP contribution in [-0.2, 0) is 0 Å². The normalized spacial score (nSPS) is 17.5. The topological polar surface area (TPSA) is 3.01 Å². The molecule has 0 spiro atoms. The number of rotatable bonds is 8. The molecule has 0 aliphatic carbocycles. The third kappa shape index (κ3) is 4.52. The summed E-state index contributed by atoms with van der Waals surface area (Å²) in [5.74, 6) is 0. The lowest BCUT2D eigenvalue weighted by Crippen LogP contribution is -2.31. The highest BCUT2D eigenvalue weighted by Crippen LogP contribution is 2.28. The zero-order valence-electron chi connectivity index (χ0n) is 10.8. The maximum atomic E-state index is 2.56. The van der Waals surface area contributed by atoms with Gasteiger partial charge in [0.05, 0.1) is 8.07 Å². The molecular formula is C13H27NSi. The van der Waals surface area contributed by atoms with E-state index in [2.05, 4.69) is 37.8 Å². The molecule has 2 heteroatoms. The van der Waals surface area contributed by atoms with Gasteiger partial charge < -0.3 is 4.90 Å². The molecule has 15 heavy (non-hydrogen) atoms. The first-order valence-corrected chi connectivity index (χ1v) is 9.42. The van der Waals surface area contributed by atoms with E-state index in [0.717, 1.165) is 0 Å². The molecule has 0 atom stereocenters. The van der Waals surface area contributed by atoms with Gasteiger partial charge in [0.1, 0.15) is 0 Å². The molecule has 0 amide bonds. The van der Waals surface area contributed by atoms with Gasteiger partial charge in [-0.1, -0.05) is 44.1 Å². The first kappa shape index (κ1) is 13.0. The molecule has 1 fully saturated rings. The van der Waals surface area contributed by atoms with Crippen LogP contribution < -0.4 is 0 Å². The van der Waals surface area contributed by atoms with E-state index in [0.29, 0.717) is 0 Å². The van der Waals surface area contributed by atoms with Crippen molar-refractivity contribution < 1.29 is 0 Å². The van der Waals surface area contributed by atoms with Crippen LogP contribution in [0.2, 0.25) is 24.2 Å². The third-order valence-electron chi connectivity index (χ3n) is 4.01. The fourth-order valence-electron chi connectivity index (χ4n) is 2.33. The summed E-state index contributed by atoms with van der Waals surface area (Å²) >= 11 is 0. The monoisotopic (exact) mass is 225 g/mol. The SMILES string of the molecule is C/C=C/C[Si](CC)(CC)CCCN1CC1. The molecule has 1 nitrogen and oxygen atoms in total. The van der Waals surface area contributed by atoms with E-state index >= 15 is 0 Å². The largest absolute Gasteiger partial charge is 0.301 e. The summed E-state index contributed by atoms with van der Waals surface area (Å²) in [5.41, 5.74) is 0. The predicted molar refractivity (Wildman–Crippen MR) is 72.2 cm³/mol. The van der Waals surface area contributed by atoms with Crippen LogP contribution in [0.5, 0.6) is 0 Å². The van der Waals surface area contributed by atoms with Crippen molar-refractivity contribution in [1.82, 2.24) is 4.90 Å². The first-order chi connectivity index (χ1) is 7.26. The second kappa shape index (κ2) is 6.49. The molecule has 0 unspecified atom stereocenters. The Bertz CT molecular complexity index is 193. The Morgan fingerprint density at radius 1 is 1.20 bits per heavy atom. The van der Waals surface area contributed by atoms with Gasteiger partial charge in [0, 0.05) is 13.1 Å². The fraction of sp³-hybridized carbons (Fsp3) is 0.846. The number of hydrogen-bond donors (Lipinski definition) is 0. The van der Waals surface area contributed by atoms with Crippen LogP contribution >= 0.6 is 0 Å². The van der Waals surface area contributed by atoms with Gasteiger partial charge in [-0.2, -0.15) is 0 Å². The molecule has 0 bridgehead atoms. The average Bonchev–Trinajstić information content (AvgIpc) is 3.07. The van der Waals surface area contributed by atoms with Crippen molar-refractivity contribution in [3.63, 3.8) is 0 Å². The molecule has 0 aromatic carbocycles. The number of nitrogens with zero attached hydrogens (tertiary/aromatic N) is 1. The first-order valence-electron chi connectivity index (χ1n) is 6.60. The highest BCUT2D eigenvalue weighted by molar-refractivity contribution is 6.80. The summed E-state index contributed by atoms with van der Waals surface area (Å²) in [6.45, 7) is 11.1. The molecule has 0 aromatic heterocycles. The van der Waals surface area contributed by atoms with E-state index in [9.17, 15) is 0 Å². The molecule has 1 heterocycles. The molecule has 0 radical (unpaired) electrons. The van der Waals surface area contributed by atoms with Crippen LogP contribution in [0.4, 0.5) is 0 Å². The van der Waals surface area contributed by atoms with E-state index < -0.39 is 8.07 Å². The molecule has 1 aliphatic heterocycles. The average molecular weight is 225 g/mol. The van der Waals surface area contributed by atoms with Crippen molar-refractivity contribution in [2.24, 2.45) is 0 Å². The molecule has 1 aliphatic rings. The molecule has 0 aromatic rings. The zero-order valence-corrected chi connectivity index (χ0v) is 11.8. The summed E-state index contributed by atoms with van der Waals surface area (Å²) in [6.07, 6.45) is 6.10. The van der Waals surface area contributed by atoms with Crippen molar-refractivity contribution >= 4 is 8.07 Å². The summed E-state index contributed by atoms with van der Waals surface area (Å²) in [6, 6.07) is 5.89. The second-order valence-electron chi connectivity index (χ2n) is 4.93. The summed E-state index contributed by atoms with van der Waals surface area (Å²) in [5, 5.41) is 0. The van der Waals surface area contributed by atoms with Crippen LogP contribution in [0.1, 0.15) is 27.2 Å². The lowest BCUT2D eigenvalue weighted by atomic mass is 10.5. The maximum Gasteiger partial charge on any atom is 0.0568 e. The Labute approximate surface area is 96.6 Å². The maximum absolute atomic E-state index is 2.56. The number of allylic oxidation sites excluding steroid dienone is 2. The van der Waals surface area contributed by atoms with Gasteiger partial charge in [-0.25, -0.2) is 0 Å². The summed E-state index contributed by atoms with van der Waals surface area (Å²) in [4.78, 5) is 2.56. The van der Waals surface area contributed by atoms with Crippen molar-refractivity contribution in [2.45, 2.75) is 51.4 Å². The summed E-state index contributed by atoms with van der Waals surface area (Å²) in [7, 11) is -0.917.